The maximum Gasteiger partial charge on any atom is 0.146 e. The Morgan fingerprint density at radius 1 is 1.27 bits per heavy atom. The van der Waals surface area contributed by atoms with Gasteiger partial charge in [0.05, 0.1) is 0 Å². The summed E-state index contributed by atoms with van der Waals surface area (Å²) in [5.74, 6) is 0.744. The molecule has 0 heterocycles. The molecule has 0 amide bonds. The molecule has 0 radical (unpaired) electrons. The molecule has 0 rings (SSSR count). The van der Waals surface area contributed by atoms with Gasteiger partial charge in [-0.1, -0.05) is 34.6 Å². The summed E-state index contributed by atoms with van der Waals surface area (Å²) in [6.07, 6.45) is 1.64. The Morgan fingerprint density at radius 2 is 1.73 bits per heavy atom. The molecule has 1 unspecified atom stereocenters. The van der Waals surface area contributed by atoms with E-state index in [2.05, 4.69) is 34.6 Å². The molecule has 0 aliphatic heterocycles. The second-order valence-corrected chi connectivity index (χ2v) is 5.19. The van der Waals surface area contributed by atoms with Crippen LogP contribution in [-0.4, -0.2) is 16.6 Å². The summed E-state index contributed by atoms with van der Waals surface area (Å²) in [6, 6.07) is 0. The Kier molecular flexibility index (Phi) is 4.33. The van der Waals surface area contributed by atoms with Crippen LogP contribution in [-0.2, 0) is 4.43 Å². The molecule has 2 heteroatoms. The lowest BCUT2D eigenvalue weighted by molar-refractivity contribution is 0.0767. The quantitative estimate of drug-likeness (QED) is 0.592. The Hall–Kier alpha value is 0.177. The Balaban J connectivity index is 3.96. The number of rotatable bonds is 3. The van der Waals surface area contributed by atoms with E-state index in [0.717, 1.165) is 16.4 Å². The summed E-state index contributed by atoms with van der Waals surface area (Å²) in [4.78, 5) is 0. The van der Waals surface area contributed by atoms with E-state index in [0.29, 0.717) is 11.5 Å². The van der Waals surface area contributed by atoms with Gasteiger partial charge in [0, 0.05) is 6.10 Å². The topological polar surface area (TPSA) is 9.23 Å². The summed E-state index contributed by atoms with van der Waals surface area (Å²) in [6.45, 7) is 11.2. The average molecular weight is 174 g/mol. The summed E-state index contributed by atoms with van der Waals surface area (Å²) >= 11 is 0. The third-order valence-electron chi connectivity index (χ3n) is 1.94. The van der Waals surface area contributed by atoms with Crippen LogP contribution < -0.4 is 0 Å². The van der Waals surface area contributed by atoms with Gasteiger partial charge < -0.3 is 4.43 Å². The first-order chi connectivity index (χ1) is 4.88. The molecule has 1 nitrogen and oxygen atoms in total. The largest absolute Gasteiger partial charge is 0.425 e. The molecule has 0 N–H and O–H groups in total. The molecule has 0 spiro atoms. The maximum atomic E-state index is 5.56. The first-order valence-electron chi connectivity index (χ1n) is 4.40. The van der Waals surface area contributed by atoms with Crippen molar-refractivity contribution in [1.82, 2.24) is 0 Å². The van der Waals surface area contributed by atoms with E-state index < -0.39 is 0 Å². The Bertz CT molecular complexity index is 105. The molecule has 68 valence electrons. The Labute approximate surface area is 74.1 Å². The van der Waals surface area contributed by atoms with Crippen LogP contribution in [0.25, 0.3) is 0 Å². The minimum Gasteiger partial charge on any atom is -0.425 e. The van der Waals surface area contributed by atoms with Crippen molar-refractivity contribution in [2.24, 2.45) is 11.3 Å². The van der Waals surface area contributed by atoms with Crippen LogP contribution >= 0.6 is 0 Å². The Morgan fingerprint density at radius 3 is 1.82 bits per heavy atom. The van der Waals surface area contributed by atoms with Crippen LogP contribution in [0, 0.1) is 11.3 Å². The lowest BCUT2D eigenvalue weighted by atomic mass is 9.84. The van der Waals surface area contributed by atoms with Gasteiger partial charge in [0.2, 0.25) is 0 Å². The predicted molar refractivity (Wildman–Crippen MR) is 53.7 cm³/mol. The molecule has 0 aliphatic rings. The number of hydrogen-bond donors (Lipinski definition) is 0. The fourth-order valence-electron chi connectivity index (χ4n) is 1.23. The van der Waals surface area contributed by atoms with Gasteiger partial charge in [-0.05, 0) is 17.8 Å². The van der Waals surface area contributed by atoms with Gasteiger partial charge in [-0.2, -0.15) is 0 Å². The third-order valence-corrected chi connectivity index (χ3v) is 2.50. The van der Waals surface area contributed by atoms with Gasteiger partial charge in [0.1, 0.15) is 10.5 Å². The SMILES string of the molecule is CC(C)CC(O[SiH3])C(C)(C)C. The van der Waals surface area contributed by atoms with Gasteiger partial charge in [-0.3, -0.25) is 0 Å². The molecule has 0 fully saturated rings. The fraction of sp³-hybridized carbons (Fsp3) is 1.00. The van der Waals surface area contributed by atoms with Crippen LogP contribution in [0.5, 0.6) is 0 Å². The second kappa shape index (κ2) is 4.26. The van der Waals surface area contributed by atoms with Crippen molar-refractivity contribution >= 4 is 10.5 Å². The highest BCUT2D eigenvalue weighted by atomic mass is 28.2. The van der Waals surface area contributed by atoms with Gasteiger partial charge in [0.15, 0.2) is 0 Å². The molecular weight excluding hydrogens is 152 g/mol. The van der Waals surface area contributed by atoms with Gasteiger partial charge in [-0.25, -0.2) is 0 Å². The molecular formula is C9H22OSi. The highest BCUT2D eigenvalue weighted by molar-refractivity contribution is 5.98. The van der Waals surface area contributed by atoms with Crippen LogP contribution in [0.15, 0.2) is 0 Å². The van der Waals surface area contributed by atoms with Crippen molar-refractivity contribution in [3.63, 3.8) is 0 Å². The van der Waals surface area contributed by atoms with Crippen molar-refractivity contribution < 1.29 is 4.43 Å². The molecule has 1 atom stereocenters. The fourth-order valence-corrected chi connectivity index (χ4v) is 2.13. The molecule has 0 saturated carbocycles. The molecule has 0 aliphatic carbocycles. The van der Waals surface area contributed by atoms with Crippen molar-refractivity contribution in [2.75, 3.05) is 0 Å². The normalized spacial score (nSPS) is 15.8. The van der Waals surface area contributed by atoms with E-state index in [9.17, 15) is 0 Å². The van der Waals surface area contributed by atoms with Gasteiger partial charge in [-0.15, -0.1) is 0 Å². The minimum absolute atomic E-state index is 0.312. The average Bonchev–Trinajstić information content (AvgIpc) is 1.79. The smallest absolute Gasteiger partial charge is 0.146 e. The van der Waals surface area contributed by atoms with Crippen LogP contribution in [0.1, 0.15) is 41.0 Å². The zero-order valence-corrected chi connectivity index (χ0v) is 10.8. The van der Waals surface area contributed by atoms with E-state index >= 15 is 0 Å². The van der Waals surface area contributed by atoms with E-state index in [-0.39, 0.29) is 0 Å². The standard InChI is InChI=1S/C9H22OSi/c1-7(2)6-8(10-11)9(3,4)5/h7-8H,6H2,1-5,11H3. The molecule has 0 aromatic carbocycles. The summed E-state index contributed by atoms with van der Waals surface area (Å²) in [7, 11) is 0.858. The van der Waals surface area contributed by atoms with Crippen molar-refractivity contribution in [3.8, 4) is 0 Å². The van der Waals surface area contributed by atoms with Crippen molar-refractivity contribution in [2.45, 2.75) is 47.1 Å². The summed E-state index contributed by atoms with van der Waals surface area (Å²) in [5.41, 5.74) is 0.312. The number of hydrogen-bond acceptors (Lipinski definition) is 1. The maximum absolute atomic E-state index is 5.56. The van der Waals surface area contributed by atoms with Gasteiger partial charge >= 0.3 is 0 Å². The van der Waals surface area contributed by atoms with Crippen LogP contribution in [0.3, 0.4) is 0 Å². The monoisotopic (exact) mass is 174 g/mol. The predicted octanol–water partition coefficient (Wildman–Crippen LogP) is 1.74. The zero-order valence-electron chi connectivity index (χ0n) is 8.77. The van der Waals surface area contributed by atoms with E-state index in [1.54, 1.807) is 0 Å². The third kappa shape index (κ3) is 4.59. The van der Waals surface area contributed by atoms with E-state index in [1.165, 1.54) is 6.42 Å². The first kappa shape index (κ1) is 11.2. The first-order valence-corrected chi connectivity index (χ1v) is 5.22. The molecule has 11 heavy (non-hydrogen) atoms. The van der Waals surface area contributed by atoms with E-state index in [1.807, 2.05) is 0 Å². The van der Waals surface area contributed by atoms with Crippen molar-refractivity contribution in [3.05, 3.63) is 0 Å². The van der Waals surface area contributed by atoms with Crippen LogP contribution in [0.2, 0.25) is 0 Å². The lowest BCUT2D eigenvalue weighted by Crippen LogP contribution is -2.29. The minimum atomic E-state index is 0.312. The van der Waals surface area contributed by atoms with Crippen LogP contribution in [0.4, 0.5) is 0 Å². The highest BCUT2D eigenvalue weighted by Crippen LogP contribution is 2.26. The zero-order chi connectivity index (χ0) is 9.07. The van der Waals surface area contributed by atoms with Gasteiger partial charge in [0.25, 0.3) is 0 Å². The summed E-state index contributed by atoms with van der Waals surface area (Å²) < 4.78 is 5.56. The molecule has 0 saturated heterocycles. The molecule has 0 bridgehead atoms. The van der Waals surface area contributed by atoms with Crippen molar-refractivity contribution in [1.29, 1.82) is 0 Å². The lowest BCUT2D eigenvalue weighted by Gasteiger charge is -2.31. The summed E-state index contributed by atoms with van der Waals surface area (Å²) in [5, 5.41) is 0. The molecule has 0 aromatic heterocycles. The highest BCUT2D eigenvalue weighted by Gasteiger charge is 2.24. The van der Waals surface area contributed by atoms with E-state index in [4.69, 9.17) is 4.43 Å². The second-order valence-electron chi connectivity index (χ2n) is 4.72. The molecule has 0 aromatic rings.